The molecule has 0 N–H and O–H groups in total. The number of thioether (sulfide) groups is 1. The minimum Gasteiger partial charge on any atom is -0.355 e. The van der Waals surface area contributed by atoms with Gasteiger partial charge >= 0.3 is 0 Å². The van der Waals surface area contributed by atoms with Crippen LogP contribution in [0.5, 0.6) is 0 Å². The molecule has 1 fully saturated rings. The first-order valence-corrected chi connectivity index (χ1v) is 7.93. The molecule has 2 aromatic rings. The first kappa shape index (κ1) is 13.8. The number of rotatable bonds is 2. The van der Waals surface area contributed by atoms with Crippen LogP contribution in [0.4, 0.5) is 10.2 Å². The second-order valence-corrected chi connectivity index (χ2v) is 6.20. The topological polar surface area (TPSA) is 41.9 Å². The predicted molar refractivity (Wildman–Crippen MR) is 80.2 cm³/mol. The molecule has 2 aromatic heterocycles. The Morgan fingerprint density at radius 2 is 2.00 bits per heavy atom. The van der Waals surface area contributed by atoms with Crippen molar-refractivity contribution in [3.8, 4) is 0 Å². The Labute approximate surface area is 125 Å². The highest BCUT2D eigenvalue weighted by Gasteiger charge is 2.28. The van der Waals surface area contributed by atoms with Crippen molar-refractivity contribution in [2.24, 2.45) is 5.92 Å². The van der Waals surface area contributed by atoms with Crippen molar-refractivity contribution in [1.29, 1.82) is 0 Å². The first-order valence-electron chi connectivity index (χ1n) is 6.33. The zero-order valence-corrected chi connectivity index (χ0v) is 13.0. The Balaban J connectivity index is 2.29. The molecule has 0 spiro atoms. The number of hydrogen-bond acceptors (Lipinski definition) is 5. The molecule has 0 radical (unpaired) electrons. The third-order valence-corrected chi connectivity index (χ3v) is 4.23. The van der Waals surface area contributed by atoms with Gasteiger partial charge in [-0.05, 0) is 19.1 Å². The Kier molecular flexibility index (Phi) is 3.46. The zero-order chi connectivity index (χ0) is 14.4. The Morgan fingerprint density at radius 1 is 1.30 bits per heavy atom. The minimum atomic E-state index is -0.570. The van der Waals surface area contributed by atoms with E-state index in [9.17, 15) is 4.39 Å². The molecule has 0 bridgehead atoms. The molecule has 1 aliphatic heterocycles. The van der Waals surface area contributed by atoms with Gasteiger partial charge in [0, 0.05) is 13.1 Å². The van der Waals surface area contributed by atoms with Gasteiger partial charge in [-0.3, -0.25) is 0 Å². The van der Waals surface area contributed by atoms with Gasteiger partial charge in [-0.25, -0.2) is 19.3 Å². The fourth-order valence-electron chi connectivity index (χ4n) is 2.46. The molecule has 3 heterocycles. The second kappa shape index (κ2) is 5.00. The second-order valence-electron chi connectivity index (χ2n) is 5.07. The van der Waals surface area contributed by atoms with E-state index >= 15 is 0 Å². The highest BCUT2D eigenvalue weighted by Crippen LogP contribution is 2.34. The predicted octanol–water partition coefficient (Wildman–Crippen LogP) is 3.30. The van der Waals surface area contributed by atoms with E-state index in [0.29, 0.717) is 22.2 Å². The summed E-state index contributed by atoms with van der Waals surface area (Å²) in [5.41, 5.74) is 0.921. The van der Waals surface area contributed by atoms with Crippen molar-refractivity contribution in [1.82, 2.24) is 15.0 Å². The maximum atomic E-state index is 14.2. The highest BCUT2D eigenvalue weighted by molar-refractivity contribution is 7.98. The van der Waals surface area contributed by atoms with E-state index in [1.807, 2.05) is 13.2 Å². The van der Waals surface area contributed by atoms with Gasteiger partial charge in [0.15, 0.2) is 16.1 Å². The van der Waals surface area contributed by atoms with E-state index in [1.54, 1.807) is 0 Å². The van der Waals surface area contributed by atoms with Crippen molar-refractivity contribution in [2.75, 3.05) is 24.2 Å². The molecule has 0 amide bonds. The average molecular weight is 313 g/mol. The molecule has 0 saturated carbocycles. The van der Waals surface area contributed by atoms with E-state index < -0.39 is 5.82 Å². The van der Waals surface area contributed by atoms with Crippen LogP contribution in [0, 0.1) is 18.7 Å². The Hall–Kier alpha value is -1.14. The van der Waals surface area contributed by atoms with E-state index in [0.717, 1.165) is 18.9 Å². The number of halogens is 2. The number of nitrogens with zero attached hydrogens (tertiary/aromatic N) is 4. The minimum absolute atomic E-state index is 0.135. The van der Waals surface area contributed by atoms with Crippen LogP contribution < -0.4 is 4.90 Å². The normalized spacial score (nSPS) is 15.8. The summed E-state index contributed by atoms with van der Waals surface area (Å²) in [5.74, 6) is 0.820. The van der Waals surface area contributed by atoms with Gasteiger partial charge in [-0.1, -0.05) is 30.3 Å². The fraction of sp³-hybridized carbons (Fsp3) is 0.462. The van der Waals surface area contributed by atoms with E-state index in [1.165, 1.54) is 11.8 Å². The standard InChI is InChI=1S/C13H14ClFN4S/c1-6-4-19(5-6)12-8-7(2)16-11(14)9(15)10(8)17-13(18-12)20-3/h6H,4-5H2,1-3H3. The summed E-state index contributed by atoms with van der Waals surface area (Å²) >= 11 is 7.22. The molecule has 0 aromatic carbocycles. The summed E-state index contributed by atoms with van der Waals surface area (Å²) in [4.78, 5) is 15.0. The number of aryl methyl sites for hydroxylation is 1. The quantitative estimate of drug-likeness (QED) is 0.483. The van der Waals surface area contributed by atoms with Crippen LogP contribution in [0.2, 0.25) is 5.15 Å². The van der Waals surface area contributed by atoms with Crippen LogP contribution in [0.25, 0.3) is 10.9 Å². The van der Waals surface area contributed by atoms with Crippen LogP contribution in [-0.4, -0.2) is 34.3 Å². The average Bonchev–Trinajstić information content (AvgIpc) is 2.40. The molecular formula is C13H14ClFN4S. The molecule has 3 rings (SSSR count). The van der Waals surface area contributed by atoms with Crippen molar-refractivity contribution in [2.45, 2.75) is 19.0 Å². The van der Waals surface area contributed by atoms with Gasteiger partial charge in [0.25, 0.3) is 0 Å². The molecule has 4 nitrogen and oxygen atoms in total. The summed E-state index contributed by atoms with van der Waals surface area (Å²) in [7, 11) is 0. The summed E-state index contributed by atoms with van der Waals surface area (Å²) in [6.07, 6.45) is 1.87. The molecule has 0 unspecified atom stereocenters. The number of fused-ring (bicyclic) bond motifs is 1. The lowest BCUT2D eigenvalue weighted by Gasteiger charge is -2.38. The van der Waals surface area contributed by atoms with Gasteiger partial charge in [-0.2, -0.15) is 0 Å². The molecule has 106 valence electrons. The van der Waals surface area contributed by atoms with E-state index in [2.05, 4.69) is 26.8 Å². The molecule has 20 heavy (non-hydrogen) atoms. The maximum absolute atomic E-state index is 14.2. The van der Waals surface area contributed by atoms with Gasteiger partial charge in [0.2, 0.25) is 0 Å². The summed E-state index contributed by atoms with van der Waals surface area (Å²) < 4.78 is 14.2. The number of pyridine rings is 1. The fourth-order valence-corrected chi connectivity index (χ4v) is 3.04. The maximum Gasteiger partial charge on any atom is 0.189 e. The van der Waals surface area contributed by atoms with Crippen LogP contribution in [-0.2, 0) is 0 Å². The molecule has 1 aliphatic rings. The Bertz CT molecular complexity index is 688. The SMILES string of the molecule is CSc1nc(N2CC(C)C2)c2c(C)nc(Cl)c(F)c2n1. The Morgan fingerprint density at radius 3 is 2.60 bits per heavy atom. The highest BCUT2D eigenvalue weighted by atomic mass is 35.5. The van der Waals surface area contributed by atoms with Crippen LogP contribution in [0.15, 0.2) is 5.16 Å². The van der Waals surface area contributed by atoms with Crippen molar-refractivity contribution >= 4 is 40.1 Å². The van der Waals surface area contributed by atoms with Gasteiger partial charge < -0.3 is 4.90 Å². The van der Waals surface area contributed by atoms with Crippen LogP contribution in [0.3, 0.4) is 0 Å². The van der Waals surface area contributed by atoms with E-state index in [-0.39, 0.29) is 10.7 Å². The lowest BCUT2D eigenvalue weighted by molar-refractivity contribution is 0.443. The monoisotopic (exact) mass is 312 g/mol. The largest absolute Gasteiger partial charge is 0.355 e. The lowest BCUT2D eigenvalue weighted by Crippen LogP contribution is -2.45. The van der Waals surface area contributed by atoms with Gasteiger partial charge in [0.1, 0.15) is 11.3 Å². The molecule has 7 heteroatoms. The molecule has 0 aliphatic carbocycles. The number of hydrogen-bond donors (Lipinski definition) is 0. The molecule has 1 saturated heterocycles. The van der Waals surface area contributed by atoms with Crippen molar-refractivity contribution < 1.29 is 4.39 Å². The third-order valence-electron chi connectivity index (χ3n) is 3.43. The molecule has 0 atom stereocenters. The zero-order valence-electron chi connectivity index (χ0n) is 11.4. The van der Waals surface area contributed by atoms with Crippen LogP contribution in [0.1, 0.15) is 12.6 Å². The summed E-state index contributed by atoms with van der Waals surface area (Å²) in [6.45, 7) is 5.83. The molecular weight excluding hydrogens is 299 g/mol. The number of anilines is 1. The van der Waals surface area contributed by atoms with Crippen LogP contribution >= 0.6 is 23.4 Å². The summed E-state index contributed by atoms with van der Waals surface area (Å²) in [5, 5.41) is 1.08. The van der Waals surface area contributed by atoms with Gasteiger partial charge in [0.05, 0.1) is 11.1 Å². The summed E-state index contributed by atoms with van der Waals surface area (Å²) in [6, 6.07) is 0. The van der Waals surface area contributed by atoms with Gasteiger partial charge in [-0.15, -0.1) is 0 Å². The first-order chi connectivity index (χ1) is 9.51. The van der Waals surface area contributed by atoms with Crippen molar-refractivity contribution in [3.63, 3.8) is 0 Å². The number of aromatic nitrogens is 3. The van der Waals surface area contributed by atoms with E-state index in [4.69, 9.17) is 11.6 Å². The smallest absolute Gasteiger partial charge is 0.189 e. The lowest BCUT2D eigenvalue weighted by atomic mass is 10.0. The van der Waals surface area contributed by atoms with Crippen molar-refractivity contribution in [3.05, 3.63) is 16.7 Å². The third kappa shape index (κ3) is 2.11.